The Labute approximate surface area is 153 Å². The third-order valence-electron chi connectivity index (χ3n) is 4.33. The predicted octanol–water partition coefficient (Wildman–Crippen LogP) is 5.17. The molecule has 0 radical (unpaired) electrons. The number of Topliss-reactive ketones (excluding diaryl/α,β-unsaturated/α-hetero) is 1. The van der Waals surface area contributed by atoms with E-state index in [1.54, 1.807) is 0 Å². The number of allylic oxidation sites excluding steroid dienone is 2. The normalized spacial score (nSPS) is 16.9. The van der Waals surface area contributed by atoms with Crippen molar-refractivity contribution < 1.29 is 14.6 Å². The lowest BCUT2D eigenvalue weighted by atomic mass is 9.77. The van der Waals surface area contributed by atoms with Gasteiger partial charge in [0.05, 0.1) is 5.57 Å². The molecular formula is C22H23NO3. The number of carbonyl (C=O) groups excluding carboxylic acids is 1. The van der Waals surface area contributed by atoms with Gasteiger partial charge in [-0.2, -0.15) is 0 Å². The number of ketones is 1. The van der Waals surface area contributed by atoms with E-state index in [2.05, 4.69) is 4.99 Å². The molecular weight excluding hydrogens is 326 g/mol. The Morgan fingerprint density at radius 3 is 2.50 bits per heavy atom. The molecule has 0 unspecified atom stereocenters. The topological polar surface area (TPSA) is 58.9 Å². The summed E-state index contributed by atoms with van der Waals surface area (Å²) in [6.07, 6.45) is 2.34. The van der Waals surface area contributed by atoms with Gasteiger partial charge in [-0.3, -0.25) is 9.79 Å². The molecule has 0 amide bonds. The summed E-state index contributed by atoms with van der Waals surface area (Å²) in [6.45, 7) is 4.39. The first-order valence-corrected chi connectivity index (χ1v) is 8.70. The molecule has 4 nitrogen and oxygen atoms in total. The highest BCUT2D eigenvalue weighted by molar-refractivity contribution is 6.15. The molecule has 1 aliphatic rings. The van der Waals surface area contributed by atoms with Crippen LogP contribution in [0.1, 0.15) is 32.3 Å². The zero-order chi connectivity index (χ0) is 18.6. The first-order chi connectivity index (χ1) is 12.4. The smallest absolute Gasteiger partial charge is 0.168 e. The largest absolute Gasteiger partial charge is 0.511 e. The lowest BCUT2D eigenvalue weighted by Crippen LogP contribution is -2.26. The number of aliphatic imine (C=N–C) groups is 1. The highest BCUT2D eigenvalue weighted by Crippen LogP contribution is 2.35. The van der Waals surface area contributed by atoms with Crippen LogP contribution in [-0.2, 0) is 11.4 Å². The van der Waals surface area contributed by atoms with E-state index in [1.807, 2.05) is 68.4 Å². The number of carbonyl (C=O) groups is 1. The molecule has 3 rings (SSSR count). The molecule has 26 heavy (non-hydrogen) atoms. The van der Waals surface area contributed by atoms with E-state index >= 15 is 0 Å². The van der Waals surface area contributed by atoms with Gasteiger partial charge in [-0.05, 0) is 23.1 Å². The number of hydrogen-bond acceptors (Lipinski definition) is 4. The van der Waals surface area contributed by atoms with E-state index < -0.39 is 0 Å². The third-order valence-corrected chi connectivity index (χ3v) is 4.33. The summed E-state index contributed by atoms with van der Waals surface area (Å²) < 4.78 is 5.87. The SMILES string of the molecule is CC1(C)CC(=O)C(C=Nc2ccccc2OCc2ccccc2)=C(O)C1. The molecule has 4 heteroatoms. The third kappa shape index (κ3) is 4.39. The van der Waals surface area contributed by atoms with E-state index in [1.165, 1.54) is 6.21 Å². The zero-order valence-electron chi connectivity index (χ0n) is 15.1. The number of rotatable bonds is 5. The van der Waals surface area contributed by atoms with Crippen LogP contribution in [0.4, 0.5) is 5.69 Å². The summed E-state index contributed by atoms with van der Waals surface area (Å²) in [5.41, 5.74) is 1.77. The van der Waals surface area contributed by atoms with Gasteiger partial charge in [0.1, 0.15) is 23.8 Å². The molecule has 1 N–H and O–H groups in total. The average Bonchev–Trinajstić information content (AvgIpc) is 2.60. The maximum Gasteiger partial charge on any atom is 0.168 e. The van der Waals surface area contributed by atoms with Crippen molar-refractivity contribution in [2.24, 2.45) is 10.4 Å². The zero-order valence-corrected chi connectivity index (χ0v) is 15.1. The molecule has 0 saturated heterocycles. The van der Waals surface area contributed by atoms with Crippen LogP contribution in [0.3, 0.4) is 0 Å². The van der Waals surface area contributed by atoms with Crippen molar-refractivity contribution in [3.8, 4) is 5.75 Å². The van der Waals surface area contributed by atoms with Crippen LogP contribution in [0, 0.1) is 5.41 Å². The molecule has 2 aromatic carbocycles. The Morgan fingerprint density at radius 2 is 1.77 bits per heavy atom. The molecule has 0 aliphatic heterocycles. The summed E-state index contributed by atoms with van der Waals surface area (Å²) in [4.78, 5) is 16.7. The number of ether oxygens (including phenoxy) is 1. The van der Waals surface area contributed by atoms with Gasteiger partial charge >= 0.3 is 0 Å². The Kier molecular flexibility index (Phi) is 5.21. The van der Waals surface area contributed by atoms with Crippen molar-refractivity contribution in [2.75, 3.05) is 0 Å². The number of aliphatic hydroxyl groups is 1. The molecule has 134 valence electrons. The minimum absolute atomic E-state index is 0.0785. The van der Waals surface area contributed by atoms with E-state index in [9.17, 15) is 9.90 Å². The number of aliphatic hydroxyl groups excluding tert-OH is 1. The number of benzene rings is 2. The molecule has 1 aliphatic carbocycles. The molecule has 0 heterocycles. The van der Waals surface area contributed by atoms with Crippen LogP contribution in [0.15, 0.2) is 70.9 Å². The first kappa shape index (κ1) is 17.9. The molecule has 0 saturated carbocycles. The van der Waals surface area contributed by atoms with Gasteiger partial charge in [0, 0.05) is 19.1 Å². The van der Waals surface area contributed by atoms with E-state index in [0.29, 0.717) is 36.5 Å². The van der Waals surface area contributed by atoms with Gasteiger partial charge in [-0.15, -0.1) is 0 Å². The lowest BCUT2D eigenvalue weighted by Gasteiger charge is -2.28. The van der Waals surface area contributed by atoms with Gasteiger partial charge < -0.3 is 9.84 Å². The minimum Gasteiger partial charge on any atom is -0.511 e. The second-order valence-electron chi connectivity index (χ2n) is 7.30. The predicted molar refractivity (Wildman–Crippen MR) is 103 cm³/mol. The fourth-order valence-corrected chi connectivity index (χ4v) is 3.00. The fourth-order valence-electron chi connectivity index (χ4n) is 3.00. The van der Waals surface area contributed by atoms with Gasteiger partial charge in [0.15, 0.2) is 5.78 Å². The van der Waals surface area contributed by atoms with E-state index in [0.717, 1.165) is 5.56 Å². The summed E-state index contributed by atoms with van der Waals surface area (Å²) in [6, 6.07) is 17.3. The van der Waals surface area contributed by atoms with E-state index in [-0.39, 0.29) is 17.0 Å². The van der Waals surface area contributed by atoms with Crippen LogP contribution < -0.4 is 4.74 Å². The Morgan fingerprint density at radius 1 is 1.08 bits per heavy atom. The van der Waals surface area contributed by atoms with Gasteiger partial charge in [0.25, 0.3) is 0 Å². The number of para-hydroxylation sites is 2. The van der Waals surface area contributed by atoms with Gasteiger partial charge in [-0.25, -0.2) is 0 Å². The van der Waals surface area contributed by atoms with Crippen molar-refractivity contribution in [1.29, 1.82) is 0 Å². The second kappa shape index (κ2) is 7.56. The Hall–Kier alpha value is -2.88. The van der Waals surface area contributed by atoms with Crippen molar-refractivity contribution in [3.05, 3.63) is 71.5 Å². The van der Waals surface area contributed by atoms with Crippen LogP contribution in [0.5, 0.6) is 5.75 Å². The summed E-state index contributed by atoms with van der Waals surface area (Å²) in [5, 5.41) is 10.2. The van der Waals surface area contributed by atoms with Crippen LogP contribution in [-0.4, -0.2) is 17.1 Å². The molecule has 2 aromatic rings. The van der Waals surface area contributed by atoms with Gasteiger partial charge in [0.2, 0.25) is 0 Å². The number of nitrogens with zero attached hydrogens (tertiary/aromatic N) is 1. The summed E-state index contributed by atoms with van der Waals surface area (Å²) in [5.74, 6) is 0.666. The van der Waals surface area contributed by atoms with Crippen LogP contribution in [0.2, 0.25) is 0 Å². The van der Waals surface area contributed by atoms with Crippen LogP contribution >= 0.6 is 0 Å². The number of hydrogen-bond donors (Lipinski definition) is 1. The molecule has 0 spiro atoms. The molecule has 0 atom stereocenters. The standard InChI is InChI=1S/C22H23NO3/c1-22(2)12-19(24)17(20(25)13-22)14-23-18-10-6-7-11-21(18)26-15-16-8-4-3-5-9-16/h3-11,14,24H,12-13,15H2,1-2H3. The minimum atomic E-state index is -0.213. The Balaban J connectivity index is 1.78. The van der Waals surface area contributed by atoms with Crippen molar-refractivity contribution in [3.63, 3.8) is 0 Å². The summed E-state index contributed by atoms with van der Waals surface area (Å²) >= 11 is 0. The lowest BCUT2D eigenvalue weighted by molar-refractivity contribution is -0.117. The van der Waals surface area contributed by atoms with Crippen molar-refractivity contribution in [1.82, 2.24) is 0 Å². The Bertz CT molecular complexity index is 851. The monoisotopic (exact) mass is 349 g/mol. The molecule has 0 bridgehead atoms. The molecule has 0 fully saturated rings. The maximum atomic E-state index is 12.3. The van der Waals surface area contributed by atoms with Crippen molar-refractivity contribution >= 4 is 17.7 Å². The van der Waals surface area contributed by atoms with E-state index in [4.69, 9.17) is 4.74 Å². The second-order valence-corrected chi connectivity index (χ2v) is 7.30. The molecule has 0 aromatic heterocycles. The first-order valence-electron chi connectivity index (χ1n) is 8.70. The summed E-state index contributed by atoms with van der Waals surface area (Å²) in [7, 11) is 0. The fraction of sp³-hybridized carbons (Fsp3) is 0.273. The highest BCUT2D eigenvalue weighted by atomic mass is 16.5. The highest BCUT2D eigenvalue weighted by Gasteiger charge is 2.32. The van der Waals surface area contributed by atoms with Crippen molar-refractivity contribution in [2.45, 2.75) is 33.3 Å². The average molecular weight is 349 g/mol. The quantitative estimate of drug-likeness (QED) is 0.758. The maximum absolute atomic E-state index is 12.3. The van der Waals surface area contributed by atoms with Crippen LogP contribution in [0.25, 0.3) is 0 Å². The van der Waals surface area contributed by atoms with Gasteiger partial charge in [-0.1, -0.05) is 56.3 Å².